The van der Waals surface area contributed by atoms with Crippen molar-refractivity contribution < 1.29 is 76.3 Å². The van der Waals surface area contributed by atoms with E-state index in [0.29, 0.717) is 142 Å². The van der Waals surface area contributed by atoms with Crippen molar-refractivity contribution in [1.82, 2.24) is 93.5 Å². The first kappa shape index (κ1) is 90.8. The lowest BCUT2D eigenvalue weighted by Gasteiger charge is -2.34. The molecule has 42 heteroatoms. The Hall–Kier alpha value is -11.0. The second-order valence-corrected chi connectivity index (χ2v) is 30.7. The Morgan fingerprint density at radius 1 is 0.504 bits per heavy atom. The average Bonchev–Trinajstić information content (AvgIpc) is 1.59. The van der Waals surface area contributed by atoms with Crippen LogP contribution in [0.2, 0.25) is 5.02 Å². The van der Waals surface area contributed by atoms with Crippen LogP contribution in [0.1, 0.15) is 131 Å². The monoisotopic (exact) mass is 1710 g/mol. The van der Waals surface area contributed by atoms with E-state index in [1.807, 2.05) is 31.2 Å². The Kier molecular flexibility index (Phi) is 33.8. The van der Waals surface area contributed by atoms with Gasteiger partial charge in [-0.1, -0.05) is 23.7 Å². The van der Waals surface area contributed by atoms with E-state index in [1.165, 1.54) is 54.0 Å². The van der Waals surface area contributed by atoms with Gasteiger partial charge in [-0.05, 0) is 57.4 Å². The number of ether oxygens (including phenoxy) is 7. The molecule has 1 atom stereocenters. The molecular formula is C79H107ClN24O16S. The minimum atomic E-state index is -0.697. The number of carbonyl (C=O) groups excluding carboxylic acids is 9. The lowest BCUT2D eigenvalue weighted by molar-refractivity contribution is -0.133. The van der Waals surface area contributed by atoms with Crippen molar-refractivity contribution in [2.24, 2.45) is 40.2 Å². The zero-order valence-corrected chi connectivity index (χ0v) is 71.0. The number of rotatable bonds is 46. The van der Waals surface area contributed by atoms with Crippen LogP contribution in [0.3, 0.4) is 0 Å². The molecule has 652 valence electrons. The first-order valence-electron chi connectivity index (χ1n) is 40.2. The van der Waals surface area contributed by atoms with Gasteiger partial charge in [-0.15, -0.1) is 21.5 Å². The van der Waals surface area contributed by atoms with Crippen molar-refractivity contribution in [2.75, 3.05) is 186 Å². The molecule has 0 saturated carbocycles. The molecule has 2 fully saturated rings. The number of hydrogen-bond acceptors (Lipinski definition) is 26. The summed E-state index contributed by atoms with van der Waals surface area (Å²) in [4.78, 5) is 147. The summed E-state index contributed by atoms with van der Waals surface area (Å²) >= 11 is 7.97. The van der Waals surface area contributed by atoms with E-state index < -0.39 is 47.4 Å². The number of fused-ring (bicyclic) bond motifs is 3. The maximum atomic E-state index is 13.7. The summed E-state index contributed by atoms with van der Waals surface area (Å²) in [6.45, 7) is 18.3. The molecule has 121 heavy (non-hydrogen) atoms. The molecule has 7 aromatic heterocycles. The quantitative estimate of drug-likeness (QED) is 0.0254. The summed E-state index contributed by atoms with van der Waals surface area (Å²) in [5.41, 5.74) is 4.56. The largest absolute Gasteiger partial charge is 0.378 e. The van der Waals surface area contributed by atoms with E-state index in [9.17, 15) is 43.2 Å². The zero-order valence-electron chi connectivity index (χ0n) is 69.4. The second kappa shape index (κ2) is 45.1. The molecule has 0 unspecified atom stereocenters. The Balaban J connectivity index is 0.442. The first-order valence-corrected chi connectivity index (χ1v) is 41.4. The van der Waals surface area contributed by atoms with Gasteiger partial charge in [0.1, 0.15) is 22.6 Å². The SMILES string of the molecule is Cc1sc2c(c1C)C(c1ccc(Cl)cc1)=N[C@@H](CC(=O)NC1CCN(CCOCCOCCOCCOCCOCCOCCOCCN3CCN(C(=O)CCNC(=O)c4nc(NC(=O)CCNC(=O)c5nc(NC(=O)c6nc(NC(=O)CCNC(=O)c7cc(NC(=O)c8nccn8C)cn7C)cn6C)cn5C)cn4C)CC3)CC1)c1nnc(C)n1-2. The third kappa shape index (κ3) is 26.3. The standard InChI is InChI=1S/C79H107ClN24O16S/c1-51-52(2)121-79-67(51)68(54-9-11-55(80)12-10-54)87-58(69-95-94-53(3)104(69)79)46-65(107)85-56-16-22-101(23-17-56)29-31-114-33-35-116-37-39-118-41-43-120-44-42-119-40-38-117-36-34-115-32-30-102-25-27-103(28-26-102)66(108)15-20-84-76(111)71-90-60(48-98(71)6)88-64(106)14-19-83-75(110)72-92-62(50-99(72)7)93-78(113)73-91-61(49-100(73)8)89-63(105)13-18-82-74(109)59-45-57(47-97(59)5)86-77(112)70-81-21-24-96(70)4/h9-12,21,24,45,47-50,56,58H,13-20,22-23,25-44,46H2,1-8H3,(H,82,109)(H,83,110)(H,84,111)(H,85,107)(H,86,112)(H,88,106)(H,89,105)(H,93,113)/t58-/m0/s1. The molecule has 0 spiro atoms. The fraction of sp³-hybridized carbons (Fsp3) is 0.519. The Morgan fingerprint density at radius 2 is 0.983 bits per heavy atom. The van der Waals surface area contributed by atoms with Gasteiger partial charge in [0.05, 0.1) is 110 Å². The highest BCUT2D eigenvalue weighted by molar-refractivity contribution is 7.15. The highest BCUT2D eigenvalue weighted by Crippen LogP contribution is 2.40. The van der Waals surface area contributed by atoms with Crippen LogP contribution in [0, 0.1) is 20.8 Å². The summed E-state index contributed by atoms with van der Waals surface area (Å²) < 4.78 is 49.2. The van der Waals surface area contributed by atoms with Crippen molar-refractivity contribution in [3.8, 4) is 5.00 Å². The number of aromatic nitrogens is 12. The number of aliphatic imine (C=N–C) groups is 1. The molecule has 9 amide bonds. The van der Waals surface area contributed by atoms with E-state index in [4.69, 9.17) is 49.8 Å². The van der Waals surface area contributed by atoms with Crippen LogP contribution in [0.4, 0.5) is 23.1 Å². The van der Waals surface area contributed by atoms with Gasteiger partial charge in [0.25, 0.3) is 29.5 Å². The van der Waals surface area contributed by atoms with Gasteiger partial charge in [-0.25, -0.2) is 19.9 Å². The van der Waals surface area contributed by atoms with Crippen molar-refractivity contribution >= 4 is 105 Å². The summed E-state index contributed by atoms with van der Waals surface area (Å²) in [6.07, 6.45) is 10.6. The van der Waals surface area contributed by atoms with Crippen molar-refractivity contribution in [3.05, 3.63) is 135 Å². The summed E-state index contributed by atoms with van der Waals surface area (Å²) in [5.74, 6) is -2.29. The molecule has 1 aromatic carbocycles. The third-order valence-corrected chi connectivity index (χ3v) is 21.6. The minimum Gasteiger partial charge on any atom is -0.378 e. The molecule has 3 aliphatic heterocycles. The number of amides is 9. The van der Waals surface area contributed by atoms with Crippen LogP contribution in [0.25, 0.3) is 5.00 Å². The lowest BCUT2D eigenvalue weighted by Crippen LogP contribution is -2.49. The van der Waals surface area contributed by atoms with Crippen LogP contribution >= 0.6 is 22.9 Å². The predicted octanol–water partition coefficient (Wildman–Crippen LogP) is 3.15. The Bertz CT molecular complexity index is 4890. The Labute approximate surface area is 708 Å². The van der Waals surface area contributed by atoms with E-state index in [2.05, 4.69) is 101 Å². The number of aryl methyl sites for hydroxylation is 7. The third-order valence-electron chi connectivity index (χ3n) is 20.2. The number of thiophene rings is 1. The molecule has 2 saturated heterocycles. The average molecular weight is 1720 g/mol. The molecular weight excluding hydrogens is 1610 g/mol. The molecule has 0 aliphatic carbocycles. The van der Waals surface area contributed by atoms with E-state index >= 15 is 0 Å². The van der Waals surface area contributed by atoms with Crippen LogP contribution in [-0.4, -0.2) is 302 Å². The number of halogens is 1. The number of imidazole rings is 4. The van der Waals surface area contributed by atoms with Gasteiger partial charge in [0, 0.05) is 191 Å². The molecule has 0 radical (unpaired) electrons. The Morgan fingerprint density at radius 3 is 1.50 bits per heavy atom. The molecule has 10 heterocycles. The fourth-order valence-corrected chi connectivity index (χ4v) is 15.0. The van der Waals surface area contributed by atoms with Crippen LogP contribution in [0.5, 0.6) is 0 Å². The van der Waals surface area contributed by atoms with Crippen LogP contribution < -0.4 is 42.5 Å². The van der Waals surface area contributed by atoms with Gasteiger partial charge >= 0.3 is 0 Å². The number of piperidine rings is 1. The fourth-order valence-electron chi connectivity index (χ4n) is 13.6. The van der Waals surface area contributed by atoms with Gasteiger partial charge < -0.3 is 108 Å². The summed E-state index contributed by atoms with van der Waals surface area (Å²) in [6, 6.07) is 8.73. The number of nitrogens with zero attached hydrogens (tertiary/aromatic N) is 16. The molecule has 3 aliphatic rings. The van der Waals surface area contributed by atoms with Gasteiger partial charge in [0.2, 0.25) is 41.1 Å². The van der Waals surface area contributed by atoms with Gasteiger partial charge in [0.15, 0.2) is 29.1 Å². The van der Waals surface area contributed by atoms with Crippen molar-refractivity contribution in [2.45, 2.75) is 71.4 Å². The summed E-state index contributed by atoms with van der Waals surface area (Å²) in [5, 5.41) is 32.5. The predicted molar refractivity (Wildman–Crippen MR) is 447 cm³/mol. The number of piperazine rings is 1. The van der Waals surface area contributed by atoms with E-state index in [0.717, 1.165) is 65.7 Å². The number of benzene rings is 1. The number of hydrogen-bond donors (Lipinski definition) is 8. The van der Waals surface area contributed by atoms with E-state index in [-0.39, 0.29) is 110 Å². The van der Waals surface area contributed by atoms with Crippen LogP contribution in [0.15, 0.2) is 72.5 Å². The molecule has 11 rings (SSSR count). The lowest BCUT2D eigenvalue weighted by atomic mass is 9.99. The molecule has 40 nitrogen and oxygen atoms in total. The normalized spacial score (nSPS) is 14.4. The number of anilines is 4. The van der Waals surface area contributed by atoms with Gasteiger partial charge in [-0.2, -0.15) is 0 Å². The molecule has 8 N–H and O–H groups in total. The summed E-state index contributed by atoms with van der Waals surface area (Å²) in [7, 11) is 7.99. The van der Waals surface area contributed by atoms with Crippen molar-refractivity contribution in [3.63, 3.8) is 0 Å². The topological polar surface area (TPSA) is 443 Å². The van der Waals surface area contributed by atoms with Crippen LogP contribution in [-0.2, 0) is 87.6 Å². The smallest absolute Gasteiger partial charge is 0.292 e. The number of nitrogens with one attached hydrogen (secondary N) is 8. The van der Waals surface area contributed by atoms with E-state index in [1.54, 1.807) is 68.4 Å². The highest BCUT2D eigenvalue weighted by atomic mass is 35.5. The zero-order chi connectivity index (χ0) is 85.9. The van der Waals surface area contributed by atoms with Gasteiger partial charge in [-0.3, -0.25) is 57.6 Å². The van der Waals surface area contributed by atoms with Crippen molar-refractivity contribution in [1.29, 1.82) is 0 Å². The maximum Gasteiger partial charge on any atom is 0.292 e. The number of likely N-dealkylation sites (tertiary alicyclic amines) is 1. The minimum absolute atomic E-state index is 0.0112. The molecule has 8 aromatic rings. The second-order valence-electron chi connectivity index (χ2n) is 29.1. The molecule has 0 bridgehead atoms. The first-order chi connectivity index (χ1) is 58.4. The maximum absolute atomic E-state index is 13.7. The number of carbonyl (C=O) groups is 9. The highest BCUT2D eigenvalue weighted by Gasteiger charge is 2.34.